The number of rotatable bonds is 4. The number of hydrogen-bond acceptors (Lipinski definition) is 4. The zero-order chi connectivity index (χ0) is 14.4. The Morgan fingerprint density at radius 2 is 2.00 bits per heavy atom. The van der Waals surface area contributed by atoms with E-state index in [1.54, 1.807) is 12.1 Å². The number of anilines is 1. The lowest BCUT2D eigenvalue weighted by atomic mass is 10.2. The number of halogens is 1. The van der Waals surface area contributed by atoms with Crippen molar-refractivity contribution in [2.24, 2.45) is 0 Å². The average molecular weight is 293 g/mol. The first-order chi connectivity index (χ1) is 9.69. The number of hydrogen-bond donors (Lipinski definition) is 2. The SMILES string of the molecule is O=C(Nc1ccc(CO)nc1Cl)OCc1ccccc1. The fourth-order valence-corrected chi connectivity index (χ4v) is 1.74. The van der Waals surface area contributed by atoms with Crippen LogP contribution in [-0.4, -0.2) is 16.2 Å². The number of pyridine rings is 1. The molecule has 2 aromatic rings. The standard InChI is InChI=1S/C14H13ClN2O3/c15-13-12(7-6-11(8-18)16-13)17-14(19)20-9-10-4-2-1-3-5-10/h1-7,18H,8-9H2,(H,17,19). The van der Waals surface area contributed by atoms with Crippen LogP contribution >= 0.6 is 11.6 Å². The first-order valence-corrected chi connectivity index (χ1v) is 6.31. The Bertz CT molecular complexity index is 590. The summed E-state index contributed by atoms with van der Waals surface area (Å²) in [6, 6.07) is 12.5. The summed E-state index contributed by atoms with van der Waals surface area (Å²) in [5, 5.41) is 11.5. The van der Waals surface area contributed by atoms with Crippen molar-refractivity contribution < 1.29 is 14.6 Å². The largest absolute Gasteiger partial charge is 0.444 e. The van der Waals surface area contributed by atoms with Gasteiger partial charge in [-0.3, -0.25) is 5.32 Å². The molecule has 6 heteroatoms. The maximum Gasteiger partial charge on any atom is 0.412 e. The smallest absolute Gasteiger partial charge is 0.412 e. The van der Waals surface area contributed by atoms with Gasteiger partial charge in [-0.2, -0.15) is 0 Å². The summed E-state index contributed by atoms with van der Waals surface area (Å²) in [5.74, 6) is 0. The van der Waals surface area contributed by atoms with Crippen LogP contribution in [-0.2, 0) is 18.0 Å². The molecular weight excluding hydrogens is 280 g/mol. The molecule has 104 valence electrons. The van der Waals surface area contributed by atoms with E-state index >= 15 is 0 Å². The van der Waals surface area contributed by atoms with Crippen LogP contribution in [0.25, 0.3) is 0 Å². The summed E-state index contributed by atoms with van der Waals surface area (Å²) in [7, 11) is 0. The molecule has 2 rings (SSSR count). The normalized spacial score (nSPS) is 10.1. The molecular formula is C14H13ClN2O3. The molecule has 1 aromatic heterocycles. The van der Waals surface area contributed by atoms with Gasteiger partial charge in [0.05, 0.1) is 18.0 Å². The van der Waals surface area contributed by atoms with E-state index in [0.717, 1.165) is 5.56 Å². The predicted molar refractivity (Wildman–Crippen MR) is 75.4 cm³/mol. The van der Waals surface area contributed by atoms with E-state index in [0.29, 0.717) is 11.4 Å². The Morgan fingerprint density at radius 3 is 2.65 bits per heavy atom. The number of nitrogens with one attached hydrogen (secondary N) is 1. The van der Waals surface area contributed by atoms with Crippen LogP contribution in [0.15, 0.2) is 42.5 Å². The summed E-state index contributed by atoms with van der Waals surface area (Å²) in [6.45, 7) is -0.0368. The van der Waals surface area contributed by atoms with E-state index in [9.17, 15) is 4.79 Å². The number of aliphatic hydroxyl groups excluding tert-OH is 1. The highest BCUT2D eigenvalue weighted by atomic mass is 35.5. The summed E-state index contributed by atoms with van der Waals surface area (Å²) < 4.78 is 5.06. The van der Waals surface area contributed by atoms with Gasteiger partial charge in [0.1, 0.15) is 6.61 Å². The lowest BCUT2D eigenvalue weighted by Gasteiger charge is -2.08. The fourth-order valence-electron chi connectivity index (χ4n) is 1.52. The number of carbonyl (C=O) groups is 1. The quantitative estimate of drug-likeness (QED) is 0.850. The van der Waals surface area contributed by atoms with E-state index in [4.69, 9.17) is 21.4 Å². The summed E-state index contributed by atoms with van der Waals surface area (Å²) in [6.07, 6.45) is -0.616. The van der Waals surface area contributed by atoms with Gasteiger partial charge in [-0.25, -0.2) is 9.78 Å². The molecule has 2 N–H and O–H groups in total. The Hall–Kier alpha value is -2.11. The van der Waals surface area contributed by atoms with Gasteiger partial charge < -0.3 is 9.84 Å². The van der Waals surface area contributed by atoms with Crippen molar-refractivity contribution in [3.63, 3.8) is 0 Å². The molecule has 0 atom stereocenters. The number of amides is 1. The Morgan fingerprint density at radius 1 is 1.25 bits per heavy atom. The molecule has 0 radical (unpaired) electrons. The highest BCUT2D eigenvalue weighted by Crippen LogP contribution is 2.19. The molecule has 1 heterocycles. The Balaban J connectivity index is 1.91. The Labute approximate surface area is 121 Å². The number of ether oxygens (including phenoxy) is 1. The summed E-state index contributed by atoms with van der Waals surface area (Å²) in [5.41, 5.74) is 1.66. The lowest BCUT2D eigenvalue weighted by molar-refractivity contribution is 0.155. The van der Waals surface area contributed by atoms with E-state index in [1.807, 2.05) is 30.3 Å². The third-order valence-electron chi connectivity index (χ3n) is 2.52. The van der Waals surface area contributed by atoms with Crippen molar-refractivity contribution in [3.05, 3.63) is 58.9 Å². The van der Waals surface area contributed by atoms with Crippen LogP contribution in [0, 0.1) is 0 Å². The third-order valence-corrected chi connectivity index (χ3v) is 2.81. The minimum atomic E-state index is -0.616. The van der Waals surface area contributed by atoms with Crippen LogP contribution in [0.5, 0.6) is 0 Å². The summed E-state index contributed by atoms with van der Waals surface area (Å²) >= 11 is 5.88. The minimum absolute atomic E-state index is 0.105. The van der Waals surface area contributed by atoms with Gasteiger partial charge in [-0.05, 0) is 17.7 Å². The van der Waals surface area contributed by atoms with Crippen LogP contribution < -0.4 is 5.32 Å². The number of carbonyl (C=O) groups excluding carboxylic acids is 1. The molecule has 0 fully saturated rings. The molecule has 0 aliphatic heterocycles. The maximum absolute atomic E-state index is 11.6. The molecule has 0 aliphatic rings. The van der Waals surface area contributed by atoms with Crippen molar-refractivity contribution in [3.8, 4) is 0 Å². The first kappa shape index (κ1) is 14.3. The van der Waals surface area contributed by atoms with Crippen molar-refractivity contribution in [1.82, 2.24) is 4.98 Å². The number of nitrogens with zero attached hydrogens (tertiary/aromatic N) is 1. The lowest BCUT2D eigenvalue weighted by Crippen LogP contribution is -2.14. The van der Waals surface area contributed by atoms with Crippen LogP contribution in [0.3, 0.4) is 0 Å². The van der Waals surface area contributed by atoms with Gasteiger partial charge in [-0.1, -0.05) is 41.9 Å². The molecule has 1 aromatic carbocycles. The number of aromatic nitrogens is 1. The maximum atomic E-state index is 11.6. The molecule has 0 bridgehead atoms. The topological polar surface area (TPSA) is 71.5 Å². The van der Waals surface area contributed by atoms with Crippen molar-refractivity contribution in [2.75, 3.05) is 5.32 Å². The second-order valence-corrected chi connectivity index (χ2v) is 4.34. The highest BCUT2D eigenvalue weighted by Gasteiger charge is 2.08. The molecule has 5 nitrogen and oxygen atoms in total. The van der Waals surface area contributed by atoms with Crippen LogP contribution in [0.1, 0.15) is 11.3 Å². The van der Waals surface area contributed by atoms with Gasteiger partial charge in [0, 0.05) is 0 Å². The minimum Gasteiger partial charge on any atom is -0.444 e. The van der Waals surface area contributed by atoms with Gasteiger partial charge in [0.25, 0.3) is 0 Å². The van der Waals surface area contributed by atoms with Crippen LogP contribution in [0.4, 0.5) is 10.5 Å². The molecule has 0 unspecified atom stereocenters. The van der Waals surface area contributed by atoms with Crippen molar-refractivity contribution in [1.29, 1.82) is 0 Å². The van der Waals surface area contributed by atoms with Gasteiger partial charge in [0.15, 0.2) is 5.15 Å². The van der Waals surface area contributed by atoms with E-state index in [1.165, 1.54) is 0 Å². The van der Waals surface area contributed by atoms with E-state index in [2.05, 4.69) is 10.3 Å². The van der Waals surface area contributed by atoms with E-state index < -0.39 is 6.09 Å². The number of benzene rings is 1. The zero-order valence-electron chi connectivity index (χ0n) is 10.5. The second kappa shape index (κ2) is 6.88. The highest BCUT2D eigenvalue weighted by molar-refractivity contribution is 6.32. The van der Waals surface area contributed by atoms with Gasteiger partial charge in [0.2, 0.25) is 0 Å². The van der Waals surface area contributed by atoms with Crippen LogP contribution in [0.2, 0.25) is 5.15 Å². The molecule has 0 saturated heterocycles. The fraction of sp³-hybridized carbons (Fsp3) is 0.143. The molecule has 0 aliphatic carbocycles. The molecule has 0 saturated carbocycles. The summed E-state index contributed by atoms with van der Waals surface area (Å²) in [4.78, 5) is 15.5. The number of aliphatic hydroxyl groups is 1. The second-order valence-electron chi connectivity index (χ2n) is 3.99. The Kier molecular flexibility index (Phi) is 4.92. The first-order valence-electron chi connectivity index (χ1n) is 5.93. The molecule has 0 spiro atoms. The van der Waals surface area contributed by atoms with Crippen molar-refractivity contribution >= 4 is 23.4 Å². The van der Waals surface area contributed by atoms with E-state index in [-0.39, 0.29) is 18.4 Å². The average Bonchev–Trinajstić information content (AvgIpc) is 2.48. The monoisotopic (exact) mass is 292 g/mol. The third kappa shape index (κ3) is 3.94. The zero-order valence-corrected chi connectivity index (χ0v) is 11.3. The van der Waals surface area contributed by atoms with Crippen molar-refractivity contribution in [2.45, 2.75) is 13.2 Å². The van der Waals surface area contributed by atoms with Gasteiger partial charge in [-0.15, -0.1) is 0 Å². The molecule has 1 amide bonds. The molecule has 20 heavy (non-hydrogen) atoms. The van der Waals surface area contributed by atoms with Gasteiger partial charge >= 0.3 is 6.09 Å². The predicted octanol–water partition coefficient (Wildman–Crippen LogP) is 2.98.